The molecule has 1 aromatic rings. The van der Waals surface area contributed by atoms with Crippen LogP contribution in [0.25, 0.3) is 0 Å². The van der Waals surface area contributed by atoms with Crippen LogP contribution in [0.2, 0.25) is 0 Å². The molecule has 0 amide bonds. The Balaban J connectivity index is 3.22. The first kappa shape index (κ1) is 10.2. The van der Waals surface area contributed by atoms with Gasteiger partial charge in [0.25, 0.3) is 6.43 Å². The lowest BCUT2D eigenvalue weighted by atomic mass is 10.1. The fourth-order valence-corrected chi connectivity index (χ4v) is 0.996. The highest BCUT2D eigenvalue weighted by Crippen LogP contribution is 2.25. The van der Waals surface area contributed by atoms with E-state index in [1.54, 1.807) is 0 Å². The topological polar surface area (TPSA) is 88.7 Å². The second-order valence-electron chi connectivity index (χ2n) is 2.64. The Kier molecular flexibility index (Phi) is 2.82. The summed E-state index contributed by atoms with van der Waals surface area (Å²) in [5.41, 5.74) is 10.7. The molecule has 0 spiro atoms. The van der Waals surface area contributed by atoms with E-state index < -0.39 is 12.1 Å². The largest absolute Gasteiger partial charge is 0.395 e. The van der Waals surface area contributed by atoms with Gasteiger partial charge in [-0.05, 0) is 11.6 Å². The van der Waals surface area contributed by atoms with Crippen molar-refractivity contribution in [3.63, 3.8) is 0 Å². The summed E-state index contributed by atoms with van der Waals surface area (Å²) in [5.74, 6) is -0.159. The number of nitrogens with zero attached hydrogens (tertiary/aromatic N) is 2. The van der Waals surface area contributed by atoms with Crippen LogP contribution in [0.4, 0.5) is 20.3 Å². The summed E-state index contributed by atoms with van der Waals surface area (Å²) in [4.78, 5) is 3.41. The van der Waals surface area contributed by atoms with Gasteiger partial charge in [0, 0.05) is 0 Å². The zero-order valence-electron chi connectivity index (χ0n) is 7.17. The SMILES string of the molecule is N#CCc1cc(C(F)F)nc(N)c1N. The molecule has 1 aromatic heterocycles. The van der Waals surface area contributed by atoms with Gasteiger partial charge >= 0.3 is 0 Å². The van der Waals surface area contributed by atoms with Gasteiger partial charge in [-0.25, -0.2) is 13.8 Å². The van der Waals surface area contributed by atoms with Crippen molar-refractivity contribution in [2.75, 3.05) is 11.5 Å². The molecule has 0 aliphatic heterocycles. The van der Waals surface area contributed by atoms with Gasteiger partial charge in [0.1, 0.15) is 11.5 Å². The summed E-state index contributed by atoms with van der Waals surface area (Å²) in [7, 11) is 0. The van der Waals surface area contributed by atoms with E-state index in [2.05, 4.69) is 4.98 Å². The van der Waals surface area contributed by atoms with E-state index in [4.69, 9.17) is 16.7 Å². The fraction of sp³-hybridized carbons (Fsp3) is 0.250. The molecule has 0 bridgehead atoms. The van der Waals surface area contributed by atoms with Crippen molar-refractivity contribution in [2.24, 2.45) is 0 Å². The fourth-order valence-electron chi connectivity index (χ4n) is 0.996. The molecule has 0 aliphatic carbocycles. The summed E-state index contributed by atoms with van der Waals surface area (Å²) < 4.78 is 24.5. The van der Waals surface area contributed by atoms with Crippen molar-refractivity contribution in [3.05, 3.63) is 17.3 Å². The monoisotopic (exact) mass is 198 g/mol. The smallest absolute Gasteiger partial charge is 0.280 e. The van der Waals surface area contributed by atoms with Crippen LogP contribution in [0.3, 0.4) is 0 Å². The second-order valence-corrected chi connectivity index (χ2v) is 2.64. The molecule has 0 saturated carbocycles. The average molecular weight is 198 g/mol. The molecule has 4 N–H and O–H groups in total. The lowest BCUT2D eigenvalue weighted by Crippen LogP contribution is -2.05. The van der Waals surface area contributed by atoms with E-state index in [0.717, 1.165) is 6.07 Å². The standard InChI is InChI=1S/C8H8F2N4/c9-7(10)5-3-4(1-2-11)6(12)8(13)14-5/h3,7H,1,12H2,(H2,13,14). The Hall–Kier alpha value is -1.90. The van der Waals surface area contributed by atoms with Crippen molar-refractivity contribution in [2.45, 2.75) is 12.8 Å². The van der Waals surface area contributed by atoms with Crippen LogP contribution in [-0.2, 0) is 6.42 Å². The number of anilines is 2. The Morgan fingerprint density at radius 2 is 2.14 bits per heavy atom. The van der Waals surface area contributed by atoms with Gasteiger partial charge in [-0.2, -0.15) is 5.26 Å². The molecule has 1 heterocycles. The molecular formula is C8H8F2N4. The highest BCUT2D eigenvalue weighted by atomic mass is 19.3. The lowest BCUT2D eigenvalue weighted by Gasteiger charge is -2.07. The Morgan fingerprint density at radius 3 is 2.64 bits per heavy atom. The minimum absolute atomic E-state index is 0.0573. The van der Waals surface area contributed by atoms with Crippen LogP contribution in [0.5, 0.6) is 0 Å². The van der Waals surface area contributed by atoms with Gasteiger partial charge in [0.2, 0.25) is 0 Å². The van der Waals surface area contributed by atoms with E-state index in [0.29, 0.717) is 0 Å². The number of rotatable bonds is 2. The Morgan fingerprint density at radius 1 is 1.50 bits per heavy atom. The van der Waals surface area contributed by atoms with Crippen molar-refractivity contribution in [1.29, 1.82) is 5.26 Å². The van der Waals surface area contributed by atoms with Crippen molar-refractivity contribution < 1.29 is 8.78 Å². The molecule has 0 saturated heterocycles. The quantitative estimate of drug-likeness (QED) is 0.748. The maximum Gasteiger partial charge on any atom is 0.280 e. The van der Waals surface area contributed by atoms with Crippen molar-refractivity contribution in [3.8, 4) is 6.07 Å². The highest BCUT2D eigenvalue weighted by molar-refractivity contribution is 5.64. The summed E-state index contributed by atoms with van der Waals surface area (Å²) in [6, 6.07) is 2.91. The predicted octanol–water partition coefficient (Wildman–Crippen LogP) is 1.25. The van der Waals surface area contributed by atoms with Gasteiger partial charge in [0.05, 0.1) is 18.2 Å². The number of aromatic nitrogens is 1. The first-order valence-corrected chi connectivity index (χ1v) is 3.76. The van der Waals surface area contributed by atoms with Gasteiger partial charge in [-0.1, -0.05) is 0 Å². The molecule has 74 valence electrons. The van der Waals surface area contributed by atoms with E-state index in [-0.39, 0.29) is 23.5 Å². The number of pyridine rings is 1. The maximum atomic E-state index is 12.3. The van der Waals surface area contributed by atoms with Gasteiger partial charge in [0.15, 0.2) is 0 Å². The highest BCUT2D eigenvalue weighted by Gasteiger charge is 2.13. The summed E-state index contributed by atoms with van der Waals surface area (Å²) in [6.45, 7) is 0. The van der Waals surface area contributed by atoms with Crippen LogP contribution < -0.4 is 11.5 Å². The van der Waals surface area contributed by atoms with Crippen molar-refractivity contribution in [1.82, 2.24) is 4.98 Å². The molecule has 0 radical (unpaired) electrons. The minimum Gasteiger partial charge on any atom is -0.395 e. The first-order valence-electron chi connectivity index (χ1n) is 3.76. The minimum atomic E-state index is -2.71. The van der Waals surface area contributed by atoms with Gasteiger partial charge in [-0.15, -0.1) is 0 Å². The molecular weight excluding hydrogens is 190 g/mol. The van der Waals surface area contributed by atoms with Crippen molar-refractivity contribution >= 4 is 11.5 Å². The maximum absolute atomic E-state index is 12.3. The Bertz CT molecular complexity index is 384. The molecule has 6 heteroatoms. The van der Waals surface area contributed by atoms with E-state index in [1.807, 2.05) is 6.07 Å². The molecule has 14 heavy (non-hydrogen) atoms. The number of nitrogen functional groups attached to an aromatic ring is 2. The van der Waals surface area contributed by atoms with Gasteiger partial charge < -0.3 is 11.5 Å². The molecule has 0 unspecified atom stereocenters. The molecule has 0 atom stereocenters. The zero-order valence-corrected chi connectivity index (χ0v) is 7.17. The average Bonchev–Trinajstić information content (AvgIpc) is 2.12. The summed E-state index contributed by atoms with van der Waals surface area (Å²) in [6.07, 6.45) is -2.77. The lowest BCUT2D eigenvalue weighted by molar-refractivity contribution is 0.146. The Labute approximate surface area is 79.1 Å². The summed E-state index contributed by atoms with van der Waals surface area (Å²) in [5, 5.41) is 8.41. The molecule has 4 nitrogen and oxygen atoms in total. The van der Waals surface area contributed by atoms with Crippen LogP contribution in [-0.4, -0.2) is 4.98 Å². The van der Waals surface area contributed by atoms with Crippen LogP contribution >= 0.6 is 0 Å². The third-order valence-corrected chi connectivity index (χ3v) is 1.69. The first-order chi connectivity index (χ1) is 6.56. The second kappa shape index (κ2) is 3.87. The van der Waals surface area contributed by atoms with Crippen LogP contribution in [0.1, 0.15) is 17.7 Å². The number of alkyl halides is 2. The third kappa shape index (κ3) is 1.88. The van der Waals surface area contributed by atoms with E-state index >= 15 is 0 Å². The van der Waals surface area contributed by atoms with Crippen LogP contribution in [0, 0.1) is 11.3 Å². The normalized spacial score (nSPS) is 10.1. The zero-order chi connectivity index (χ0) is 10.7. The number of hydrogen-bond donors (Lipinski definition) is 2. The molecule has 0 fully saturated rings. The number of nitrogens with two attached hydrogens (primary N) is 2. The molecule has 1 rings (SSSR count). The summed E-state index contributed by atoms with van der Waals surface area (Å²) >= 11 is 0. The number of hydrogen-bond acceptors (Lipinski definition) is 4. The predicted molar refractivity (Wildman–Crippen MR) is 47.3 cm³/mol. The third-order valence-electron chi connectivity index (χ3n) is 1.69. The van der Waals surface area contributed by atoms with Gasteiger partial charge in [-0.3, -0.25) is 0 Å². The number of nitriles is 1. The van der Waals surface area contributed by atoms with Crippen LogP contribution in [0.15, 0.2) is 6.07 Å². The van der Waals surface area contributed by atoms with E-state index in [9.17, 15) is 8.78 Å². The number of halogens is 2. The molecule has 0 aromatic carbocycles. The molecule has 0 aliphatic rings. The van der Waals surface area contributed by atoms with E-state index in [1.165, 1.54) is 0 Å².